The van der Waals surface area contributed by atoms with Gasteiger partial charge in [-0.1, -0.05) is 11.8 Å². The molecule has 1 aromatic rings. The molecule has 0 saturated carbocycles. The lowest BCUT2D eigenvalue weighted by Crippen LogP contribution is -2.44. The van der Waals surface area contributed by atoms with Gasteiger partial charge in [0.15, 0.2) is 0 Å². The van der Waals surface area contributed by atoms with Crippen LogP contribution < -0.4 is 0 Å². The van der Waals surface area contributed by atoms with Crippen molar-refractivity contribution in [2.24, 2.45) is 0 Å². The largest absolute Gasteiger partial charge is 0.384 e. The molecule has 1 N–H and O–H groups in total. The van der Waals surface area contributed by atoms with Gasteiger partial charge in [0.2, 0.25) is 0 Å². The molecule has 2 heterocycles. The van der Waals surface area contributed by atoms with Crippen molar-refractivity contribution in [3.05, 3.63) is 21.9 Å². The molecule has 0 aromatic carbocycles. The third-order valence-electron chi connectivity index (χ3n) is 2.77. The van der Waals surface area contributed by atoms with Gasteiger partial charge in [0.05, 0.1) is 10.4 Å². The second kappa shape index (κ2) is 6.28. The first kappa shape index (κ1) is 13.5. The molecule has 0 spiro atoms. The molecule has 5 heteroatoms. The van der Waals surface area contributed by atoms with Gasteiger partial charge in [0.25, 0.3) is 5.91 Å². The summed E-state index contributed by atoms with van der Waals surface area (Å²) >= 11 is 3.34. The summed E-state index contributed by atoms with van der Waals surface area (Å²) in [4.78, 5) is 15.1. The first-order chi connectivity index (χ1) is 8.72. The Morgan fingerprint density at radius 3 is 3.22 bits per heavy atom. The minimum absolute atomic E-state index is 0.0936. The van der Waals surface area contributed by atoms with E-state index in [1.165, 1.54) is 11.3 Å². The van der Waals surface area contributed by atoms with E-state index in [1.54, 1.807) is 0 Å². The number of thiophene rings is 1. The predicted octanol–water partition coefficient (Wildman–Crippen LogP) is 1.67. The van der Waals surface area contributed by atoms with Gasteiger partial charge in [-0.2, -0.15) is 11.8 Å². The number of thioether (sulfide) groups is 1. The molecule has 1 amide bonds. The van der Waals surface area contributed by atoms with Gasteiger partial charge in [0, 0.05) is 29.5 Å². The van der Waals surface area contributed by atoms with Crippen molar-refractivity contribution in [1.82, 2.24) is 4.90 Å². The first-order valence-electron chi connectivity index (χ1n) is 5.79. The first-order valence-corrected chi connectivity index (χ1v) is 7.83. The Balaban J connectivity index is 2.10. The van der Waals surface area contributed by atoms with Crippen LogP contribution in [0.1, 0.15) is 22.2 Å². The zero-order chi connectivity index (χ0) is 13.0. The van der Waals surface area contributed by atoms with Crippen LogP contribution in [0, 0.1) is 11.8 Å². The second-order valence-electron chi connectivity index (χ2n) is 4.08. The number of hydrogen-bond acceptors (Lipinski definition) is 4. The van der Waals surface area contributed by atoms with E-state index in [0.29, 0.717) is 11.6 Å². The number of amides is 1. The van der Waals surface area contributed by atoms with Crippen LogP contribution >= 0.6 is 23.1 Å². The molecule has 0 radical (unpaired) electrons. The average Bonchev–Trinajstić information content (AvgIpc) is 2.85. The summed E-state index contributed by atoms with van der Waals surface area (Å²) in [7, 11) is 0. The molecular formula is C13H15NO2S2. The summed E-state index contributed by atoms with van der Waals surface area (Å²) in [5.74, 6) is 7.53. The van der Waals surface area contributed by atoms with Gasteiger partial charge < -0.3 is 10.0 Å². The molecule has 96 valence electrons. The number of carbonyl (C=O) groups excluding carboxylic acids is 1. The van der Waals surface area contributed by atoms with E-state index >= 15 is 0 Å². The Kier molecular flexibility index (Phi) is 4.70. The maximum Gasteiger partial charge on any atom is 0.255 e. The summed E-state index contributed by atoms with van der Waals surface area (Å²) in [6.07, 6.45) is 0. The van der Waals surface area contributed by atoms with Gasteiger partial charge in [-0.25, -0.2) is 0 Å². The average molecular weight is 281 g/mol. The van der Waals surface area contributed by atoms with E-state index in [-0.39, 0.29) is 12.5 Å². The van der Waals surface area contributed by atoms with Crippen LogP contribution in [0.4, 0.5) is 0 Å². The number of nitrogens with zero attached hydrogens (tertiary/aromatic N) is 1. The van der Waals surface area contributed by atoms with E-state index in [2.05, 4.69) is 18.8 Å². The third-order valence-corrected chi connectivity index (χ3v) is 4.80. The van der Waals surface area contributed by atoms with Gasteiger partial charge >= 0.3 is 0 Å². The Bertz CT molecular complexity index is 487. The summed E-state index contributed by atoms with van der Waals surface area (Å²) in [5, 5.41) is 10.5. The minimum Gasteiger partial charge on any atom is -0.384 e. The Labute approximate surface area is 115 Å². The van der Waals surface area contributed by atoms with Crippen molar-refractivity contribution < 1.29 is 9.90 Å². The molecule has 1 aliphatic rings. The number of hydrogen-bond donors (Lipinski definition) is 1. The highest BCUT2D eigenvalue weighted by atomic mass is 32.2. The van der Waals surface area contributed by atoms with Crippen LogP contribution in [-0.4, -0.2) is 46.6 Å². The maximum atomic E-state index is 12.3. The molecular weight excluding hydrogens is 266 g/mol. The van der Waals surface area contributed by atoms with E-state index < -0.39 is 0 Å². The highest BCUT2D eigenvalue weighted by molar-refractivity contribution is 7.99. The number of rotatable bonds is 1. The zero-order valence-corrected chi connectivity index (χ0v) is 11.8. The molecule has 1 saturated heterocycles. The van der Waals surface area contributed by atoms with Crippen LogP contribution in [0.3, 0.4) is 0 Å². The number of aliphatic hydroxyl groups excluding tert-OH is 1. The molecule has 1 fully saturated rings. The van der Waals surface area contributed by atoms with Crippen molar-refractivity contribution in [3.63, 3.8) is 0 Å². The molecule has 1 aliphatic heterocycles. The lowest BCUT2D eigenvalue weighted by atomic mass is 10.2. The third kappa shape index (κ3) is 3.08. The van der Waals surface area contributed by atoms with Crippen LogP contribution in [0.2, 0.25) is 0 Å². The van der Waals surface area contributed by atoms with Gasteiger partial charge in [-0.05, 0) is 13.0 Å². The summed E-state index contributed by atoms with van der Waals surface area (Å²) in [5.41, 5.74) is 0.709. The predicted molar refractivity (Wildman–Crippen MR) is 76.1 cm³/mol. The van der Waals surface area contributed by atoms with Crippen molar-refractivity contribution in [1.29, 1.82) is 0 Å². The lowest BCUT2D eigenvalue weighted by molar-refractivity contribution is 0.0716. The quantitative estimate of drug-likeness (QED) is 0.796. The van der Waals surface area contributed by atoms with Crippen molar-refractivity contribution in [2.45, 2.75) is 13.0 Å². The van der Waals surface area contributed by atoms with E-state index in [9.17, 15) is 4.79 Å². The summed E-state index contributed by atoms with van der Waals surface area (Å²) in [6, 6.07) is 2.10. The Hall–Kier alpha value is -0.960. The molecule has 0 aliphatic carbocycles. The number of aliphatic hydroxyl groups is 1. The van der Waals surface area contributed by atoms with Crippen LogP contribution in [0.5, 0.6) is 0 Å². The smallest absolute Gasteiger partial charge is 0.255 e. The van der Waals surface area contributed by atoms with Crippen molar-refractivity contribution >= 4 is 29.0 Å². The lowest BCUT2D eigenvalue weighted by Gasteiger charge is -2.32. The fourth-order valence-electron chi connectivity index (χ4n) is 1.84. The van der Waals surface area contributed by atoms with E-state index in [0.717, 1.165) is 22.9 Å². The molecule has 0 bridgehead atoms. The highest BCUT2D eigenvalue weighted by Gasteiger charge is 2.24. The molecule has 1 atom stereocenters. The summed E-state index contributed by atoms with van der Waals surface area (Å²) < 4.78 is 0. The topological polar surface area (TPSA) is 40.5 Å². The van der Waals surface area contributed by atoms with Gasteiger partial charge in [0.1, 0.15) is 6.61 Å². The Morgan fingerprint density at radius 1 is 1.67 bits per heavy atom. The molecule has 3 nitrogen and oxygen atoms in total. The van der Waals surface area contributed by atoms with Crippen molar-refractivity contribution in [2.75, 3.05) is 24.7 Å². The van der Waals surface area contributed by atoms with E-state index in [4.69, 9.17) is 5.11 Å². The molecule has 1 aromatic heterocycles. The minimum atomic E-state index is -0.151. The van der Waals surface area contributed by atoms with Crippen LogP contribution in [0.25, 0.3) is 0 Å². The summed E-state index contributed by atoms with van der Waals surface area (Å²) in [6.45, 7) is 2.75. The standard InChI is InChI=1S/C13H15NO2S2/c1-10-8-17-6-4-14(10)13(16)11-7-12(18-9-11)3-2-5-15/h7,9-10,15H,4-6,8H2,1H3. The number of carbonyl (C=O) groups is 1. The molecule has 2 rings (SSSR count). The fourth-order valence-corrected chi connectivity index (χ4v) is 3.60. The fraction of sp³-hybridized carbons (Fsp3) is 0.462. The maximum absolute atomic E-state index is 12.3. The van der Waals surface area contributed by atoms with Crippen LogP contribution in [-0.2, 0) is 0 Å². The van der Waals surface area contributed by atoms with E-state index in [1.807, 2.05) is 28.1 Å². The highest BCUT2D eigenvalue weighted by Crippen LogP contribution is 2.21. The zero-order valence-electron chi connectivity index (χ0n) is 10.2. The second-order valence-corrected chi connectivity index (χ2v) is 6.14. The monoisotopic (exact) mass is 281 g/mol. The molecule has 1 unspecified atom stereocenters. The Morgan fingerprint density at radius 2 is 2.50 bits per heavy atom. The van der Waals surface area contributed by atoms with Crippen molar-refractivity contribution in [3.8, 4) is 11.8 Å². The van der Waals surface area contributed by atoms with Gasteiger partial charge in [-0.15, -0.1) is 11.3 Å². The van der Waals surface area contributed by atoms with Gasteiger partial charge in [-0.3, -0.25) is 4.79 Å². The van der Waals surface area contributed by atoms with Crippen LogP contribution in [0.15, 0.2) is 11.4 Å². The SMILES string of the molecule is CC1CSCCN1C(=O)c1csc(C#CCO)c1. The normalized spacial score (nSPS) is 19.2. The molecule has 18 heavy (non-hydrogen) atoms.